The normalized spacial score (nSPS) is 22.8. The molecular formula is C17H17N5O. The topological polar surface area (TPSA) is 84.8 Å². The van der Waals surface area contributed by atoms with Crippen LogP contribution in [0.4, 0.5) is 5.69 Å². The zero-order valence-electron chi connectivity index (χ0n) is 12.9. The van der Waals surface area contributed by atoms with Crippen molar-refractivity contribution in [3.05, 3.63) is 35.7 Å². The molecule has 1 unspecified atom stereocenters. The van der Waals surface area contributed by atoms with Gasteiger partial charge in [-0.2, -0.15) is 10.4 Å². The van der Waals surface area contributed by atoms with Crippen LogP contribution in [-0.2, 0) is 11.2 Å². The number of nitriles is 1. The number of H-pyrrole nitrogens is 1. The standard InChI is InChI=1S/C17H17N5O/c1-11-14(8-19-21-11)12-2-3-15-13(6-12)7-17(16(23)20-15)4-5-22(9-17)10-18/h2-3,6,8H,4-5,7,9H2,1H3,(H,19,21)(H,20,23). The minimum Gasteiger partial charge on any atom is -0.325 e. The summed E-state index contributed by atoms with van der Waals surface area (Å²) in [6.07, 6.45) is 5.38. The Kier molecular flexibility index (Phi) is 2.91. The molecule has 1 aromatic heterocycles. The van der Waals surface area contributed by atoms with Crippen molar-refractivity contribution in [3.63, 3.8) is 0 Å². The molecule has 0 bridgehead atoms. The third-order valence-electron chi connectivity index (χ3n) is 5.00. The lowest BCUT2D eigenvalue weighted by molar-refractivity contribution is -0.125. The van der Waals surface area contributed by atoms with Crippen LogP contribution in [0.25, 0.3) is 11.1 Å². The van der Waals surface area contributed by atoms with Crippen LogP contribution in [0.15, 0.2) is 24.4 Å². The van der Waals surface area contributed by atoms with Crippen molar-refractivity contribution in [3.8, 4) is 17.3 Å². The number of anilines is 1. The summed E-state index contributed by atoms with van der Waals surface area (Å²) in [7, 11) is 0. The van der Waals surface area contributed by atoms with Crippen LogP contribution in [0.1, 0.15) is 17.7 Å². The van der Waals surface area contributed by atoms with E-state index in [4.69, 9.17) is 5.26 Å². The van der Waals surface area contributed by atoms with Gasteiger partial charge in [0.15, 0.2) is 6.19 Å². The van der Waals surface area contributed by atoms with Gasteiger partial charge in [0.25, 0.3) is 0 Å². The second kappa shape index (κ2) is 4.85. The Morgan fingerprint density at radius 2 is 2.30 bits per heavy atom. The highest BCUT2D eigenvalue weighted by Crippen LogP contribution is 2.41. The predicted octanol–water partition coefficient (Wildman–Crippen LogP) is 2.05. The molecule has 3 heterocycles. The minimum atomic E-state index is -0.479. The largest absolute Gasteiger partial charge is 0.325 e. The summed E-state index contributed by atoms with van der Waals surface area (Å²) >= 11 is 0. The Morgan fingerprint density at radius 1 is 1.43 bits per heavy atom. The Bertz CT molecular complexity index is 834. The van der Waals surface area contributed by atoms with Crippen LogP contribution in [0, 0.1) is 23.8 Å². The van der Waals surface area contributed by atoms with Gasteiger partial charge < -0.3 is 10.2 Å². The molecule has 0 radical (unpaired) electrons. The number of nitrogens with one attached hydrogen (secondary N) is 2. The number of rotatable bonds is 1. The molecule has 2 aliphatic heterocycles. The number of aryl methyl sites for hydroxylation is 1. The van der Waals surface area contributed by atoms with E-state index in [9.17, 15) is 4.79 Å². The molecular weight excluding hydrogens is 290 g/mol. The second-order valence-corrected chi connectivity index (χ2v) is 6.46. The predicted molar refractivity (Wildman–Crippen MR) is 85.3 cm³/mol. The molecule has 2 aliphatic rings. The number of hydrogen-bond donors (Lipinski definition) is 2. The number of amides is 1. The van der Waals surface area contributed by atoms with Crippen molar-refractivity contribution in [2.75, 3.05) is 18.4 Å². The van der Waals surface area contributed by atoms with E-state index in [1.807, 2.05) is 25.3 Å². The minimum absolute atomic E-state index is 0.0370. The summed E-state index contributed by atoms with van der Waals surface area (Å²) < 4.78 is 0. The van der Waals surface area contributed by atoms with Crippen LogP contribution in [0.2, 0.25) is 0 Å². The van der Waals surface area contributed by atoms with E-state index in [0.29, 0.717) is 19.5 Å². The first-order valence-corrected chi connectivity index (χ1v) is 7.71. The van der Waals surface area contributed by atoms with Crippen molar-refractivity contribution in [1.82, 2.24) is 15.1 Å². The molecule has 4 rings (SSSR count). The first kappa shape index (κ1) is 13.8. The number of hydrogen-bond acceptors (Lipinski definition) is 4. The molecule has 1 aromatic carbocycles. The van der Waals surface area contributed by atoms with Crippen LogP contribution in [0.3, 0.4) is 0 Å². The maximum atomic E-state index is 12.5. The van der Waals surface area contributed by atoms with E-state index in [-0.39, 0.29) is 5.91 Å². The molecule has 0 saturated carbocycles. The fraction of sp³-hybridized carbons (Fsp3) is 0.353. The molecule has 6 nitrogen and oxygen atoms in total. The number of aromatic amines is 1. The number of likely N-dealkylation sites (tertiary alicyclic amines) is 1. The van der Waals surface area contributed by atoms with Gasteiger partial charge in [-0.1, -0.05) is 6.07 Å². The lowest BCUT2D eigenvalue weighted by atomic mass is 9.76. The molecule has 1 fully saturated rings. The summed E-state index contributed by atoms with van der Waals surface area (Å²) in [4.78, 5) is 14.2. The van der Waals surface area contributed by atoms with E-state index in [0.717, 1.165) is 34.5 Å². The van der Waals surface area contributed by atoms with E-state index in [2.05, 4.69) is 27.8 Å². The first-order chi connectivity index (χ1) is 11.1. The van der Waals surface area contributed by atoms with Crippen molar-refractivity contribution < 1.29 is 4.79 Å². The highest BCUT2D eigenvalue weighted by molar-refractivity contribution is 5.99. The molecule has 23 heavy (non-hydrogen) atoms. The average Bonchev–Trinajstić information content (AvgIpc) is 3.15. The number of aromatic nitrogens is 2. The summed E-state index contributed by atoms with van der Waals surface area (Å²) in [5, 5.41) is 19.2. The molecule has 1 amide bonds. The van der Waals surface area contributed by atoms with Gasteiger partial charge in [0, 0.05) is 30.0 Å². The van der Waals surface area contributed by atoms with Gasteiger partial charge in [-0.25, -0.2) is 0 Å². The molecule has 1 atom stereocenters. The summed E-state index contributed by atoms with van der Waals surface area (Å²) in [6.45, 7) is 3.15. The number of benzene rings is 1. The van der Waals surface area contributed by atoms with E-state index in [1.165, 1.54) is 0 Å². The monoisotopic (exact) mass is 307 g/mol. The van der Waals surface area contributed by atoms with Crippen LogP contribution >= 0.6 is 0 Å². The van der Waals surface area contributed by atoms with E-state index < -0.39 is 5.41 Å². The zero-order valence-corrected chi connectivity index (χ0v) is 12.9. The molecule has 1 spiro atoms. The van der Waals surface area contributed by atoms with Gasteiger partial charge in [-0.05, 0) is 43.0 Å². The number of carbonyl (C=O) groups is 1. The van der Waals surface area contributed by atoms with Gasteiger partial charge in [0.2, 0.25) is 5.91 Å². The maximum Gasteiger partial charge on any atom is 0.232 e. The van der Waals surface area contributed by atoms with Gasteiger partial charge >= 0.3 is 0 Å². The second-order valence-electron chi connectivity index (χ2n) is 6.46. The van der Waals surface area contributed by atoms with Crippen LogP contribution in [-0.4, -0.2) is 34.1 Å². The first-order valence-electron chi connectivity index (χ1n) is 7.71. The highest BCUT2D eigenvalue weighted by atomic mass is 16.2. The fourth-order valence-electron chi connectivity index (χ4n) is 3.66. The van der Waals surface area contributed by atoms with Crippen molar-refractivity contribution in [1.29, 1.82) is 5.26 Å². The molecule has 0 aliphatic carbocycles. The third kappa shape index (κ3) is 2.08. The van der Waals surface area contributed by atoms with Crippen molar-refractivity contribution in [2.45, 2.75) is 19.8 Å². The van der Waals surface area contributed by atoms with Gasteiger partial charge in [0.05, 0.1) is 11.6 Å². The van der Waals surface area contributed by atoms with Crippen LogP contribution < -0.4 is 5.32 Å². The highest BCUT2D eigenvalue weighted by Gasteiger charge is 2.47. The summed E-state index contributed by atoms with van der Waals surface area (Å²) in [5.41, 5.74) is 4.71. The number of nitrogens with zero attached hydrogens (tertiary/aromatic N) is 3. The Balaban J connectivity index is 1.72. The van der Waals surface area contributed by atoms with Crippen molar-refractivity contribution >= 4 is 11.6 Å². The smallest absolute Gasteiger partial charge is 0.232 e. The molecule has 2 aromatic rings. The lowest BCUT2D eigenvalue weighted by Gasteiger charge is -2.33. The number of fused-ring (bicyclic) bond motifs is 1. The molecule has 2 N–H and O–H groups in total. The quantitative estimate of drug-likeness (QED) is 0.790. The van der Waals surface area contributed by atoms with Crippen LogP contribution in [0.5, 0.6) is 0 Å². The Morgan fingerprint density at radius 3 is 3.00 bits per heavy atom. The number of carbonyl (C=O) groups excluding carboxylic acids is 1. The zero-order chi connectivity index (χ0) is 16.0. The third-order valence-corrected chi connectivity index (χ3v) is 5.00. The van der Waals surface area contributed by atoms with Crippen molar-refractivity contribution in [2.24, 2.45) is 5.41 Å². The average molecular weight is 307 g/mol. The van der Waals surface area contributed by atoms with Gasteiger partial charge in [-0.3, -0.25) is 9.89 Å². The van der Waals surface area contributed by atoms with Gasteiger partial charge in [-0.15, -0.1) is 0 Å². The Labute approximate surface area is 134 Å². The lowest BCUT2D eigenvalue weighted by Crippen LogP contribution is -2.43. The molecule has 6 heteroatoms. The SMILES string of the molecule is Cc1[nH]ncc1-c1ccc2c(c1)CC1(CCN(C#N)C1)C(=O)N2. The molecule has 1 saturated heterocycles. The van der Waals surface area contributed by atoms with E-state index >= 15 is 0 Å². The maximum absolute atomic E-state index is 12.5. The Hall–Kier alpha value is -2.81. The van der Waals surface area contributed by atoms with Gasteiger partial charge in [0.1, 0.15) is 0 Å². The summed E-state index contributed by atoms with van der Waals surface area (Å²) in [6, 6.07) is 6.09. The summed E-state index contributed by atoms with van der Waals surface area (Å²) in [5.74, 6) is 0.0370. The molecule has 116 valence electrons. The fourth-order valence-corrected chi connectivity index (χ4v) is 3.66. The van der Waals surface area contributed by atoms with E-state index in [1.54, 1.807) is 4.90 Å².